The van der Waals surface area contributed by atoms with Crippen LogP contribution in [0.2, 0.25) is 5.02 Å². The number of nitrogens with zero attached hydrogens (tertiary/aromatic N) is 4. The molecule has 0 amide bonds. The molecule has 3 aromatic rings. The first-order chi connectivity index (χ1) is 13.8. The standard InChI is InChI=1S/C19H21BrClFN6S/c1-4-27-10-14(20)17(26-27)8-23-19(29)24-18-11(2)25-28(12(18)3)9-13-15(21)6-5-7-16(13)22/h5-7,10H,4,8-9H2,1-3H3,(H2,23,24,29). The summed E-state index contributed by atoms with van der Waals surface area (Å²) in [6, 6.07) is 4.65. The van der Waals surface area contributed by atoms with Crippen molar-refractivity contribution in [3.8, 4) is 0 Å². The average Bonchev–Trinajstić information content (AvgIpc) is 3.17. The molecule has 0 saturated heterocycles. The van der Waals surface area contributed by atoms with Gasteiger partial charge in [-0.3, -0.25) is 9.36 Å². The summed E-state index contributed by atoms with van der Waals surface area (Å²) < 4.78 is 18.6. The first kappa shape index (κ1) is 21.7. The van der Waals surface area contributed by atoms with Crippen LogP contribution in [0.5, 0.6) is 0 Å². The van der Waals surface area contributed by atoms with Gasteiger partial charge in [0.15, 0.2) is 5.11 Å². The summed E-state index contributed by atoms with van der Waals surface area (Å²) in [6.07, 6.45) is 1.93. The van der Waals surface area contributed by atoms with E-state index < -0.39 is 0 Å². The molecule has 2 aromatic heterocycles. The van der Waals surface area contributed by atoms with Crippen LogP contribution in [-0.2, 0) is 19.6 Å². The van der Waals surface area contributed by atoms with Crippen molar-refractivity contribution in [1.29, 1.82) is 0 Å². The molecule has 29 heavy (non-hydrogen) atoms. The monoisotopic (exact) mass is 498 g/mol. The summed E-state index contributed by atoms with van der Waals surface area (Å²) in [5, 5.41) is 16.1. The van der Waals surface area contributed by atoms with Gasteiger partial charge in [0.2, 0.25) is 0 Å². The summed E-state index contributed by atoms with van der Waals surface area (Å²) in [7, 11) is 0. The Balaban J connectivity index is 1.69. The summed E-state index contributed by atoms with van der Waals surface area (Å²) in [5.41, 5.74) is 3.66. The lowest BCUT2D eigenvalue weighted by atomic mass is 10.2. The van der Waals surface area contributed by atoms with Gasteiger partial charge < -0.3 is 10.6 Å². The molecule has 0 aliphatic rings. The largest absolute Gasteiger partial charge is 0.357 e. The number of rotatable bonds is 6. The van der Waals surface area contributed by atoms with Gasteiger partial charge in [-0.2, -0.15) is 10.2 Å². The van der Waals surface area contributed by atoms with Crippen LogP contribution in [-0.4, -0.2) is 24.7 Å². The molecule has 0 radical (unpaired) electrons. The van der Waals surface area contributed by atoms with Crippen LogP contribution in [0, 0.1) is 19.7 Å². The highest BCUT2D eigenvalue weighted by Crippen LogP contribution is 2.24. The number of halogens is 3. The Morgan fingerprint density at radius 2 is 2.07 bits per heavy atom. The zero-order chi connectivity index (χ0) is 21.1. The van der Waals surface area contributed by atoms with E-state index in [1.54, 1.807) is 16.8 Å². The third-order valence-electron chi connectivity index (χ3n) is 4.52. The predicted octanol–water partition coefficient (Wildman–Crippen LogP) is 4.81. The van der Waals surface area contributed by atoms with Gasteiger partial charge in [-0.1, -0.05) is 17.7 Å². The molecule has 0 spiro atoms. The predicted molar refractivity (Wildman–Crippen MR) is 121 cm³/mol. The van der Waals surface area contributed by atoms with Crippen LogP contribution < -0.4 is 10.6 Å². The maximum Gasteiger partial charge on any atom is 0.171 e. The number of nitrogens with one attached hydrogen (secondary N) is 2. The van der Waals surface area contributed by atoms with Crippen molar-refractivity contribution >= 4 is 50.5 Å². The molecule has 0 bridgehead atoms. The number of thiocarbonyl (C=S) groups is 1. The summed E-state index contributed by atoms with van der Waals surface area (Å²) in [4.78, 5) is 0. The normalized spacial score (nSPS) is 11.0. The zero-order valence-corrected chi connectivity index (χ0v) is 19.4. The zero-order valence-electron chi connectivity index (χ0n) is 16.3. The van der Waals surface area contributed by atoms with E-state index in [2.05, 4.69) is 36.8 Å². The molecule has 0 unspecified atom stereocenters. The minimum absolute atomic E-state index is 0.238. The van der Waals surface area contributed by atoms with Gasteiger partial charge in [-0.05, 0) is 61.1 Å². The summed E-state index contributed by atoms with van der Waals surface area (Å²) >= 11 is 15.1. The molecule has 0 aliphatic heterocycles. The first-order valence-corrected chi connectivity index (χ1v) is 10.6. The number of benzene rings is 1. The molecule has 3 rings (SSSR count). The van der Waals surface area contributed by atoms with Crippen LogP contribution in [0.1, 0.15) is 29.6 Å². The number of aromatic nitrogens is 4. The third kappa shape index (κ3) is 4.96. The molecule has 0 atom stereocenters. The fourth-order valence-corrected chi connectivity index (χ4v) is 3.76. The minimum atomic E-state index is -0.353. The topological polar surface area (TPSA) is 59.7 Å². The Hall–Kier alpha value is -1.97. The summed E-state index contributed by atoms with van der Waals surface area (Å²) in [5.74, 6) is -0.353. The first-order valence-electron chi connectivity index (χ1n) is 9.03. The van der Waals surface area contributed by atoms with E-state index in [4.69, 9.17) is 23.8 Å². The number of hydrogen-bond acceptors (Lipinski definition) is 3. The lowest BCUT2D eigenvalue weighted by Crippen LogP contribution is -2.28. The molecule has 0 saturated carbocycles. The molecule has 6 nitrogen and oxygen atoms in total. The fraction of sp³-hybridized carbons (Fsp3) is 0.316. The highest BCUT2D eigenvalue weighted by atomic mass is 79.9. The third-order valence-corrected chi connectivity index (χ3v) is 5.78. The molecule has 1 aromatic carbocycles. The van der Waals surface area contributed by atoms with Gasteiger partial charge >= 0.3 is 0 Å². The molecule has 0 fully saturated rings. The second-order valence-corrected chi connectivity index (χ2v) is 8.16. The lowest BCUT2D eigenvalue weighted by molar-refractivity contribution is 0.579. The molecular weight excluding hydrogens is 479 g/mol. The molecule has 2 N–H and O–H groups in total. The highest BCUT2D eigenvalue weighted by Gasteiger charge is 2.16. The quantitative estimate of drug-likeness (QED) is 0.477. The lowest BCUT2D eigenvalue weighted by Gasteiger charge is -2.11. The molecular formula is C19H21BrClFN6S. The Bertz CT molecular complexity index is 1030. The Morgan fingerprint density at radius 1 is 1.31 bits per heavy atom. The average molecular weight is 500 g/mol. The van der Waals surface area contributed by atoms with E-state index in [0.29, 0.717) is 22.2 Å². The van der Waals surface area contributed by atoms with Gasteiger partial charge in [0.25, 0.3) is 0 Å². The number of anilines is 1. The summed E-state index contributed by atoms with van der Waals surface area (Å²) in [6.45, 7) is 7.32. The van der Waals surface area contributed by atoms with Crippen molar-refractivity contribution in [3.63, 3.8) is 0 Å². The van der Waals surface area contributed by atoms with Gasteiger partial charge in [-0.25, -0.2) is 4.39 Å². The van der Waals surface area contributed by atoms with E-state index in [0.717, 1.165) is 33.8 Å². The second-order valence-electron chi connectivity index (χ2n) is 6.49. The van der Waals surface area contributed by atoms with Crippen LogP contribution in [0.15, 0.2) is 28.9 Å². The molecule has 10 heteroatoms. The van der Waals surface area contributed by atoms with Gasteiger partial charge in [0, 0.05) is 23.3 Å². The van der Waals surface area contributed by atoms with Gasteiger partial charge in [0.1, 0.15) is 5.82 Å². The van der Waals surface area contributed by atoms with Crippen molar-refractivity contribution in [2.45, 2.75) is 40.4 Å². The maximum absolute atomic E-state index is 14.1. The fourth-order valence-electron chi connectivity index (χ4n) is 2.91. The Kier molecular flexibility index (Phi) is 6.92. The van der Waals surface area contributed by atoms with E-state index >= 15 is 0 Å². The maximum atomic E-state index is 14.1. The van der Waals surface area contributed by atoms with Crippen molar-refractivity contribution in [2.75, 3.05) is 5.32 Å². The van der Waals surface area contributed by atoms with Crippen LogP contribution in [0.3, 0.4) is 0 Å². The van der Waals surface area contributed by atoms with E-state index in [1.165, 1.54) is 6.07 Å². The van der Waals surface area contributed by atoms with E-state index in [-0.39, 0.29) is 12.4 Å². The van der Waals surface area contributed by atoms with Crippen molar-refractivity contribution in [2.24, 2.45) is 0 Å². The molecule has 154 valence electrons. The van der Waals surface area contributed by atoms with Crippen molar-refractivity contribution in [1.82, 2.24) is 24.9 Å². The van der Waals surface area contributed by atoms with Gasteiger partial charge in [-0.15, -0.1) is 0 Å². The smallest absolute Gasteiger partial charge is 0.171 e. The van der Waals surface area contributed by atoms with Crippen LogP contribution >= 0.6 is 39.7 Å². The van der Waals surface area contributed by atoms with Crippen molar-refractivity contribution in [3.05, 3.63) is 62.4 Å². The SMILES string of the molecule is CCn1cc(Br)c(CNC(=S)Nc2c(C)nn(Cc3c(F)cccc3Cl)c2C)n1. The highest BCUT2D eigenvalue weighted by molar-refractivity contribution is 9.10. The van der Waals surface area contributed by atoms with E-state index in [1.807, 2.05) is 31.6 Å². The molecule has 0 aliphatic carbocycles. The van der Waals surface area contributed by atoms with Gasteiger partial charge in [0.05, 0.1) is 40.3 Å². The Labute approximate surface area is 187 Å². The van der Waals surface area contributed by atoms with E-state index in [9.17, 15) is 4.39 Å². The second kappa shape index (κ2) is 9.23. The molecule has 2 heterocycles. The number of hydrogen-bond donors (Lipinski definition) is 2. The van der Waals surface area contributed by atoms with Crippen LogP contribution in [0.25, 0.3) is 0 Å². The minimum Gasteiger partial charge on any atom is -0.357 e. The van der Waals surface area contributed by atoms with Crippen molar-refractivity contribution < 1.29 is 4.39 Å². The Morgan fingerprint density at radius 3 is 2.72 bits per heavy atom. The number of aryl methyl sites for hydroxylation is 2. The van der Waals surface area contributed by atoms with Crippen LogP contribution in [0.4, 0.5) is 10.1 Å².